The number of carbonyl (C=O) groups is 2. The lowest BCUT2D eigenvalue weighted by atomic mass is 10.1. The fourth-order valence-electron chi connectivity index (χ4n) is 4.32. The van der Waals surface area contributed by atoms with Crippen LogP contribution < -0.4 is 0 Å². The van der Waals surface area contributed by atoms with Crippen molar-refractivity contribution in [3.05, 3.63) is 71.9 Å². The average Bonchev–Trinajstić information content (AvgIpc) is 3.45. The molecule has 2 heterocycles. The Hall–Kier alpha value is -3.08. The van der Waals surface area contributed by atoms with Crippen molar-refractivity contribution in [2.75, 3.05) is 26.2 Å². The van der Waals surface area contributed by atoms with Crippen molar-refractivity contribution in [2.45, 2.75) is 12.3 Å². The van der Waals surface area contributed by atoms with E-state index < -0.39 is 0 Å². The zero-order valence-corrected chi connectivity index (χ0v) is 15.7. The molecule has 2 fully saturated rings. The second-order valence-corrected chi connectivity index (χ2v) is 7.72. The van der Waals surface area contributed by atoms with Crippen LogP contribution in [0.2, 0.25) is 0 Å². The number of nitrogens with one attached hydrogen (secondary N) is 1. The van der Waals surface area contributed by atoms with Crippen molar-refractivity contribution in [3.8, 4) is 0 Å². The van der Waals surface area contributed by atoms with Crippen LogP contribution in [-0.4, -0.2) is 52.8 Å². The SMILES string of the molecule is O=C(c1c[nH]c2ccccc12)N1CCN(C(=O)C2CC2c2ccccc2)CC1. The molecule has 1 saturated heterocycles. The van der Waals surface area contributed by atoms with E-state index in [9.17, 15) is 9.59 Å². The van der Waals surface area contributed by atoms with Crippen LogP contribution in [0, 0.1) is 5.92 Å². The maximum Gasteiger partial charge on any atom is 0.256 e. The minimum Gasteiger partial charge on any atom is -0.360 e. The third-order valence-corrected chi connectivity index (χ3v) is 6.03. The molecular formula is C23H23N3O2. The lowest BCUT2D eigenvalue weighted by Crippen LogP contribution is -2.51. The maximum absolute atomic E-state index is 12.9. The fourth-order valence-corrected chi connectivity index (χ4v) is 4.32. The molecule has 5 rings (SSSR count). The molecule has 5 heteroatoms. The van der Waals surface area contributed by atoms with Crippen LogP contribution in [0.3, 0.4) is 0 Å². The summed E-state index contributed by atoms with van der Waals surface area (Å²) in [7, 11) is 0. The van der Waals surface area contributed by atoms with Crippen molar-refractivity contribution < 1.29 is 9.59 Å². The highest BCUT2D eigenvalue weighted by molar-refractivity contribution is 6.06. The zero-order chi connectivity index (χ0) is 19.1. The number of rotatable bonds is 3. The average molecular weight is 373 g/mol. The Balaban J connectivity index is 1.21. The van der Waals surface area contributed by atoms with Gasteiger partial charge in [-0.1, -0.05) is 48.5 Å². The number of carbonyl (C=O) groups excluding carboxylic acids is 2. The smallest absolute Gasteiger partial charge is 0.256 e. The number of benzene rings is 2. The van der Waals surface area contributed by atoms with E-state index in [1.165, 1.54) is 5.56 Å². The van der Waals surface area contributed by atoms with Crippen LogP contribution in [0.4, 0.5) is 0 Å². The number of amides is 2. The van der Waals surface area contributed by atoms with Gasteiger partial charge in [-0.3, -0.25) is 9.59 Å². The Kier molecular flexibility index (Phi) is 4.15. The number of piperazine rings is 1. The second-order valence-electron chi connectivity index (χ2n) is 7.72. The predicted octanol–water partition coefficient (Wildman–Crippen LogP) is 3.26. The molecule has 2 unspecified atom stereocenters. The summed E-state index contributed by atoms with van der Waals surface area (Å²) < 4.78 is 0. The van der Waals surface area contributed by atoms with Gasteiger partial charge in [-0.25, -0.2) is 0 Å². The largest absolute Gasteiger partial charge is 0.360 e. The Morgan fingerprint density at radius 2 is 1.54 bits per heavy atom. The van der Waals surface area contributed by atoms with E-state index in [1.807, 2.05) is 52.3 Å². The molecule has 1 aliphatic carbocycles. The van der Waals surface area contributed by atoms with Crippen molar-refractivity contribution >= 4 is 22.7 Å². The van der Waals surface area contributed by atoms with Gasteiger partial charge in [0.05, 0.1) is 5.56 Å². The van der Waals surface area contributed by atoms with Gasteiger partial charge in [0.25, 0.3) is 5.91 Å². The van der Waals surface area contributed by atoms with Crippen molar-refractivity contribution in [1.82, 2.24) is 14.8 Å². The molecule has 0 bridgehead atoms. The number of aromatic amines is 1. The van der Waals surface area contributed by atoms with Gasteiger partial charge in [0, 0.05) is 49.2 Å². The molecule has 2 atom stereocenters. The van der Waals surface area contributed by atoms with Crippen LogP contribution in [0.25, 0.3) is 10.9 Å². The van der Waals surface area contributed by atoms with Gasteiger partial charge in [-0.05, 0) is 24.0 Å². The van der Waals surface area contributed by atoms with Gasteiger partial charge in [0.15, 0.2) is 0 Å². The summed E-state index contributed by atoms with van der Waals surface area (Å²) in [5.74, 6) is 0.754. The van der Waals surface area contributed by atoms with Gasteiger partial charge in [0.2, 0.25) is 5.91 Å². The minimum absolute atomic E-state index is 0.0399. The fraction of sp³-hybridized carbons (Fsp3) is 0.304. The Morgan fingerprint density at radius 1 is 0.857 bits per heavy atom. The number of para-hydroxylation sites is 1. The minimum atomic E-state index is 0.0399. The summed E-state index contributed by atoms with van der Waals surface area (Å²) in [5, 5.41) is 0.953. The van der Waals surface area contributed by atoms with Crippen LogP contribution in [0.1, 0.15) is 28.3 Å². The van der Waals surface area contributed by atoms with E-state index in [4.69, 9.17) is 0 Å². The third kappa shape index (κ3) is 2.97. The molecule has 2 aromatic carbocycles. The van der Waals surface area contributed by atoms with Gasteiger partial charge in [0.1, 0.15) is 0 Å². The highest BCUT2D eigenvalue weighted by atomic mass is 16.2. The normalized spacial score (nSPS) is 21.7. The molecule has 2 amide bonds. The van der Waals surface area contributed by atoms with E-state index in [-0.39, 0.29) is 17.7 Å². The summed E-state index contributed by atoms with van der Waals surface area (Å²) in [4.78, 5) is 32.7. The summed E-state index contributed by atoms with van der Waals surface area (Å²) >= 11 is 0. The Labute approximate surface area is 163 Å². The zero-order valence-electron chi connectivity index (χ0n) is 15.7. The van der Waals surface area contributed by atoms with Crippen molar-refractivity contribution in [3.63, 3.8) is 0 Å². The number of fused-ring (bicyclic) bond motifs is 1. The Bertz CT molecular complexity index is 1020. The Morgan fingerprint density at radius 3 is 2.32 bits per heavy atom. The number of H-pyrrole nitrogens is 1. The highest BCUT2D eigenvalue weighted by Gasteiger charge is 2.46. The molecule has 142 valence electrons. The van der Waals surface area contributed by atoms with Crippen molar-refractivity contribution in [2.24, 2.45) is 5.92 Å². The van der Waals surface area contributed by atoms with Crippen LogP contribution in [0.5, 0.6) is 0 Å². The molecular weight excluding hydrogens is 350 g/mol. The second kappa shape index (κ2) is 6.82. The summed E-state index contributed by atoms with van der Waals surface area (Å²) in [6, 6.07) is 18.1. The van der Waals surface area contributed by atoms with Crippen LogP contribution >= 0.6 is 0 Å². The van der Waals surface area contributed by atoms with Crippen LogP contribution in [-0.2, 0) is 4.79 Å². The molecule has 0 spiro atoms. The summed E-state index contributed by atoms with van der Waals surface area (Å²) in [6.07, 6.45) is 2.73. The molecule has 0 radical (unpaired) electrons. The summed E-state index contributed by atoms with van der Waals surface area (Å²) in [5.41, 5.74) is 2.94. The first-order valence-electron chi connectivity index (χ1n) is 9.91. The third-order valence-electron chi connectivity index (χ3n) is 6.03. The predicted molar refractivity (Wildman–Crippen MR) is 108 cm³/mol. The first kappa shape index (κ1) is 17.0. The highest BCUT2D eigenvalue weighted by Crippen LogP contribution is 2.48. The molecule has 1 N–H and O–H groups in total. The van der Waals surface area contributed by atoms with E-state index >= 15 is 0 Å². The van der Waals surface area contributed by atoms with Gasteiger partial charge >= 0.3 is 0 Å². The molecule has 1 saturated carbocycles. The van der Waals surface area contributed by atoms with E-state index in [2.05, 4.69) is 17.1 Å². The van der Waals surface area contributed by atoms with E-state index in [0.29, 0.717) is 37.7 Å². The molecule has 2 aliphatic rings. The van der Waals surface area contributed by atoms with E-state index in [1.54, 1.807) is 6.20 Å². The lowest BCUT2D eigenvalue weighted by Gasteiger charge is -2.35. The molecule has 1 aromatic heterocycles. The number of aromatic nitrogens is 1. The van der Waals surface area contributed by atoms with E-state index in [0.717, 1.165) is 17.3 Å². The van der Waals surface area contributed by atoms with Crippen molar-refractivity contribution in [1.29, 1.82) is 0 Å². The monoisotopic (exact) mass is 373 g/mol. The first-order valence-corrected chi connectivity index (χ1v) is 9.91. The molecule has 1 aliphatic heterocycles. The molecule has 3 aromatic rings. The maximum atomic E-state index is 12.9. The first-order chi connectivity index (χ1) is 13.7. The van der Waals surface area contributed by atoms with Gasteiger partial charge < -0.3 is 14.8 Å². The number of hydrogen-bond acceptors (Lipinski definition) is 2. The lowest BCUT2D eigenvalue weighted by molar-refractivity contribution is -0.134. The van der Waals surface area contributed by atoms with Gasteiger partial charge in [-0.15, -0.1) is 0 Å². The molecule has 28 heavy (non-hydrogen) atoms. The number of hydrogen-bond donors (Lipinski definition) is 1. The van der Waals surface area contributed by atoms with Gasteiger partial charge in [-0.2, -0.15) is 0 Å². The quantitative estimate of drug-likeness (QED) is 0.766. The topological polar surface area (TPSA) is 56.4 Å². The van der Waals surface area contributed by atoms with Crippen LogP contribution in [0.15, 0.2) is 60.8 Å². The molecule has 5 nitrogen and oxygen atoms in total. The standard InChI is InChI=1S/C23H23N3O2/c27-22(19-14-18(19)16-6-2-1-3-7-16)25-10-12-26(13-11-25)23(28)20-15-24-21-9-5-4-8-17(20)21/h1-9,15,18-19,24H,10-14H2. The summed E-state index contributed by atoms with van der Waals surface area (Å²) in [6.45, 7) is 2.41. The number of nitrogens with zero attached hydrogens (tertiary/aromatic N) is 2.